The topological polar surface area (TPSA) is 28.2 Å². The van der Waals surface area contributed by atoms with Crippen molar-refractivity contribution >= 4 is 17.4 Å². The predicted octanol–water partition coefficient (Wildman–Crippen LogP) is 3.02. The van der Waals surface area contributed by atoms with Crippen molar-refractivity contribution < 1.29 is 0 Å². The highest BCUT2D eigenvalue weighted by atomic mass is 35.5. The van der Waals surface area contributed by atoms with Crippen LogP contribution >= 0.6 is 11.6 Å². The predicted molar refractivity (Wildman–Crippen MR) is 72.6 cm³/mol. The number of nitrogens with one attached hydrogen (secondary N) is 1. The summed E-state index contributed by atoms with van der Waals surface area (Å²) in [5.41, 5.74) is 0. The SMILES string of the molecule is CC(CN1CCCCC1)Nc1ncccc1Cl. The molecular formula is C13H20ClN3. The lowest BCUT2D eigenvalue weighted by molar-refractivity contribution is 0.223. The molecule has 1 fully saturated rings. The van der Waals surface area contributed by atoms with Gasteiger partial charge in [-0.25, -0.2) is 4.98 Å². The van der Waals surface area contributed by atoms with Gasteiger partial charge in [-0.3, -0.25) is 0 Å². The quantitative estimate of drug-likeness (QED) is 0.894. The van der Waals surface area contributed by atoms with E-state index in [1.165, 1.54) is 32.4 Å². The van der Waals surface area contributed by atoms with Gasteiger partial charge in [-0.2, -0.15) is 0 Å². The average molecular weight is 254 g/mol. The summed E-state index contributed by atoms with van der Waals surface area (Å²) in [6.07, 6.45) is 5.81. The van der Waals surface area contributed by atoms with E-state index in [1.54, 1.807) is 6.20 Å². The first-order valence-corrected chi connectivity index (χ1v) is 6.73. The highest BCUT2D eigenvalue weighted by Crippen LogP contribution is 2.18. The van der Waals surface area contributed by atoms with Crippen molar-refractivity contribution in [2.24, 2.45) is 0 Å². The van der Waals surface area contributed by atoms with E-state index in [-0.39, 0.29) is 0 Å². The van der Waals surface area contributed by atoms with Crippen LogP contribution in [-0.2, 0) is 0 Å². The fourth-order valence-corrected chi connectivity index (χ4v) is 2.48. The molecule has 1 unspecified atom stereocenters. The van der Waals surface area contributed by atoms with Crippen LogP contribution in [0.1, 0.15) is 26.2 Å². The van der Waals surface area contributed by atoms with Gasteiger partial charge in [0, 0.05) is 18.8 Å². The van der Waals surface area contributed by atoms with Crippen LogP contribution in [-0.4, -0.2) is 35.6 Å². The number of hydrogen-bond acceptors (Lipinski definition) is 3. The lowest BCUT2D eigenvalue weighted by atomic mass is 10.1. The number of pyridine rings is 1. The molecule has 2 rings (SSSR count). The molecule has 1 aliphatic rings. The second-order valence-electron chi connectivity index (χ2n) is 4.74. The molecule has 0 aliphatic carbocycles. The molecule has 3 nitrogen and oxygen atoms in total. The Hall–Kier alpha value is -0.800. The zero-order valence-electron chi connectivity index (χ0n) is 10.3. The first-order chi connectivity index (χ1) is 8.25. The lowest BCUT2D eigenvalue weighted by Gasteiger charge is -2.29. The Labute approximate surface area is 108 Å². The molecule has 1 aromatic heterocycles. The number of nitrogens with zero attached hydrogens (tertiary/aromatic N) is 2. The minimum absolute atomic E-state index is 0.375. The normalized spacial score (nSPS) is 18.9. The van der Waals surface area contributed by atoms with Gasteiger partial charge in [0.2, 0.25) is 0 Å². The number of hydrogen-bond donors (Lipinski definition) is 1. The summed E-state index contributed by atoms with van der Waals surface area (Å²) in [7, 11) is 0. The van der Waals surface area contributed by atoms with Gasteiger partial charge in [0.1, 0.15) is 5.82 Å². The Morgan fingerprint density at radius 3 is 2.88 bits per heavy atom. The fraction of sp³-hybridized carbons (Fsp3) is 0.615. The number of piperidine rings is 1. The van der Waals surface area contributed by atoms with Crippen molar-refractivity contribution in [3.63, 3.8) is 0 Å². The molecule has 0 spiro atoms. The third-order valence-corrected chi connectivity index (χ3v) is 3.43. The summed E-state index contributed by atoms with van der Waals surface area (Å²) in [6, 6.07) is 4.09. The molecule has 1 saturated heterocycles. The molecule has 0 bridgehead atoms. The average Bonchev–Trinajstić information content (AvgIpc) is 2.33. The monoisotopic (exact) mass is 253 g/mol. The summed E-state index contributed by atoms with van der Waals surface area (Å²) in [6.45, 7) is 5.69. The molecule has 17 heavy (non-hydrogen) atoms. The van der Waals surface area contributed by atoms with Gasteiger partial charge >= 0.3 is 0 Å². The van der Waals surface area contributed by atoms with E-state index in [0.717, 1.165) is 12.4 Å². The van der Waals surface area contributed by atoms with Crippen molar-refractivity contribution in [3.8, 4) is 0 Å². The summed E-state index contributed by atoms with van der Waals surface area (Å²) < 4.78 is 0. The molecule has 0 radical (unpaired) electrons. The van der Waals surface area contributed by atoms with Crippen LogP contribution in [0.3, 0.4) is 0 Å². The highest BCUT2D eigenvalue weighted by Gasteiger charge is 2.14. The van der Waals surface area contributed by atoms with E-state index < -0.39 is 0 Å². The second-order valence-corrected chi connectivity index (χ2v) is 5.15. The summed E-state index contributed by atoms with van der Waals surface area (Å²) in [4.78, 5) is 6.76. The Balaban J connectivity index is 1.84. The molecule has 1 aliphatic heterocycles. The Bertz CT molecular complexity index is 350. The van der Waals surface area contributed by atoms with Crippen molar-refractivity contribution in [1.29, 1.82) is 0 Å². The Kier molecular flexibility index (Phi) is 4.63. The fourth-order valence-electron chi connectivity index (χ4n) is 2.30. The minimum atomic E-state index is 0.375. The van der Waals surface area contributed by atoms with Gasteiger partial charge in [-0.05, 0) is 45.0 Å². The van der Waals surface area contributed by atoms with Crippen molar-refractivity contribution in [2.75, 3.05) is 25.0 Å². The summed E-state index contributed by atoms with van der Waals surface area (Å²) >= 11 is 6.07. The molecule has 0 saturated carbocycles. The van der Waals surface area contributed by atoms with Crippen molar-refractivity contribution in [3.05, 3.63) is 23.4 Å². The van der Waals surface area contributed by atoms with Crippen LogP contribution in [0.15, 0.2) is 18.3 Å². The standard InChI is InChI=1S/C13H20ClN3/c1-11(10-17-8-3-2-4-9-17)16-13-12(14)6-5-7-15-13/h5-7,11H,2-4,8-10H2,1H3,(H,15,16). The number of likely N-dealkylation sites (tertiary alicyclic amines) is 1. The number of aromatic nitrogens is 1. The molecular weight excluding hydrogens is 234 g/mol. The molecule has 4 heteroatoms. The van der Waals surface area contributed by atoms with E-state index in [2.05, 4.69) is 22.1 Å². The maximum atomic E-state index is 6.07. The van der Waals surface area contributed by atoms with Crippen LogP contribution in [0.25, 0.3) is 0 Å². The molecule has 1 aromatic rings. The van der Waals surface area contributed by atoms with E-state index in [9.17, 15) is 0 Å². The number of halogens is 1. The molecule has 0 aromatic carbocycles. The minimum Gasteiger partial charge on any atom is -0.365 e. The van der Waals surface area contributed by atoms with E-state index >= 15 is 0 Å². The van der Waals surface area contributed by atoms with Gasteiger partial charge < -0.3 is 10.2 Å². The third-order valence-electron chi connectivity index (χ3n) is 3.12. The van der Waals surface area contributed by atoms with E-state index in [4.69, 9.17) is 11.6 Å². The van der Waals surface area contributed by atoms with Crippen LogP contribution in [0.4, 0.5) is 5.82 Å². The van der Waals surface area contributed by atoms with Crippen LogP contribution in [0, 0.1) is 0 Å². The van der Waals surface area contributed by atoms with Crippen LogP contribution in [0.5, 0.6) is 0 Å². The number of anilines is 1. The van der Waals surface area contributed by atoms with E-state index in [0.29, 0.717) is 11.1 Å². The maximum Gasteiger partial charge on any atom is 0.144 e. The molecule has 0 amide bonds. The van der Waals surface area contributed by atoms with Gasteiger partial charge in [-0.15, -0.1) is 0 Å². The van der Waals surface area contributed by atoms with Crippen molar-refractivity contribution in [1.82, 2.24) is 9.88 Å². The Morgan fingerprint density at radius 1 is 1.41 bits per heavy atom. The van der Waals surface area contributed by atoms with Gasteiger partial charge in [0.25, 0.3) is 0 Å². The lowest BCUT2D eigenvalue weighted by Crippen LogP contribution is -2.38. The zero-order valence-corrected chi connectivity index (χ0v) is 11.1. The van der Waals surface area contributed by atoms with Gasteiger partial charge in [-0.1, -0.05) is 18.0 Å². The van der Waals surface area contributed by atoms with Crippen LogP contribution < -0.4 is 5.32 Å². The van der Waals surface area contributed by atoms with Gasteiger partial charge in [0.05, 0.1) is 5.02 Å². The summed E-state index contributed by atoms with van der Waals surface area (Å²) in [5.74, 6) is 0.790. The first-order valence-electron chi connectivity index (χ1n) is 6.35. The highest BCUT2D eigenvalue weighted by molar-refractivity contribution is 6.32. The zero-order chi connectivity index (χ0) is 12.1. The molecule has 2 heterocycles. The summed E-state index contributed by atoms with van der Waals surface area (Å²) in [5, 5.41) is 4.07. The smallest absolute Gasteiger partial charge is 0.144 e. The molecule has 1 atom stereocenters. The number of rotatable bonds is 4. The largest absolute Gasteiger partial charge is 0.365 e. The first kappa shape index (κ1) is 12.7. The van der Waals surface area contributed by atoms with E-state index in [1.807, 2.05) is 12.1 Å². The Morgan fingerprint density at radius 2 is 2.18 bits per heavy atom. The maximum absolute atomic E-state index is 6.07. The van der Waals surface area contributed by atoms with Crippen LogP contribution in [0.2, 0.25) is 5.02 Å². The van der Waals surface area contributed by atoms with Gasteiger partial charge in [0.15, 0.2) is 0 Å². The second kappa shape index (κ2) is 6.22. The molecule has 1 N–H and O–H groups in total. The molecule has 94 valence electrons. The van der Waals surface area contributed by atoms with Crippen molar-refractivity contribution in [2.45, 2.75) is 32.2 Å². The third kappa shape index (κ3) is 3.86.